The first-order chi connectivity index (χ1) is 12.8. The maximum Gasteiger partial charge on any atom is 0.191 e. The number of nitrogens with one attached hydrogen (secondary N) is 2. The molecule has 144 valence electrons. The SMILES string of the molecule is CN=C(NCCCOCC1CCOCC1)NC1CC1c1cccc(Cl)c1. The summed E-state index contributed by atoms with van der Waals surface area (Å²) in [7, 11) is 1.81. The summed E-state index contributed by atoms with van der Waals surface area (Å²) in [5, 5.41) is 7.67. The van der Waals surface area contributed by atoms with Gasteiger partial charge < -0.3 is 20.1 Å². The van der Waals surface area contributed by atoms with Gasteiger partial charge in [-0.05, 0) is 49.3 Å². The molecule has 1 heterocycles. The van der Waals surface area contributed by atoms with E-state index >= 15 is 0 Å². The number of rotatable bonds is 8. The maximum atomic E-state index is 6.08. The minimum absolute atomic E-state index is 0.435. The molecule has 0 spiro atoms. The Labute approximate surface area is 161 Å². The molecule has 0 amide bonds. The first-order valence-corrected chi connectivity index (χ1v) is 10.0. The zero-order valence-electron chi connectivity index (χ0n) is 15.5. The minimum Gasteiger partial charge on any atom is -0.381 e. The molecule has 5 nitrogen and oxygen atoms in total. The molecule has 1 saturated heterocycles. The zero-order chi connectivity index (χ0) is 18.2. The van der Waals surface area contributed by atoms with Crippen LogP contribution in [0.4, 0.5) is 0 Å². The van der Waals surface area contributed by atoms with Crippen LogP contribution in [0.15, 0.2) is 29.3 Å². The van der Waals surface area contributed by atoms with Gasteiger partial charge in [0.15, 0.2) is 5.96 Å². The number of hydrogen-bond acceptors (Lipinski definition) is 3. The number of guanidine groups is 1. The third-order valence-electron chi connectivity index (χ3n) is 5.07. The van der Waals surface area contributed by atoms with E-state index < -0.39 is 0 Å². The van der Waals surface area contributed by atoms with E-state index in [4.69, 9.17) is 21.1 Å². The van der Waals surface area contributed by atoms with Crippen LogP contribution < -0.4 is 10.6 Å². The lowest BCUT2D eigenvalue weighted by Gasteiger charge is -2.21. The molecule has 3 rings (SSSR count). The summed E-state index contributed by atoms with van der Waals surface area (Å²) in [5.74, 6) is 2.06. The van der Waals surface area contributed by atoms with Gasteiger partial charge in [-0.2, -0.15) is 0 Å². The van der Waals surface area contributed by atoms with Crippen molar-refractivity contribution in [3.8, 4) is 0 Å². The number of hydrogen-bond donors (Lipinski definition) is 2. The fourth-order valence-corrected chi connectivity index (χ4v) is 3.57. The van der Waals surface area contributed by atoms with Gasteiger partial charge in [0, 0.05) is 57.0 Å². The summed E-state index contributed by atoms with van der Waals surface area (Å²) in [5.41, 5.74) is 1.30. The molecule has 1 aliphatic carbocycles. The number of halogens is 1. The van der Waals surface area contributed by atoms with Crippen molar-refractivity contribution in [3.05, 3.63) is 34.9 Å². The van der Waals surface area contributed by atoms with Crippen LogP contribution in [0.2, 0.25) is 5.02 Å². The molecule has 1 aromatic rings. The van der Waals surface area contributed by atoms with E-state index in [-0.39, 0.29) is 0 Å². The van der Waals surface area contributed by atoms with E-state index in [2.05, 4.69) is 27.8 Å². The number of ether oxygens (including phenoxy) is 2. The Bertz CT molecular complexity index is 590. The molecule has 2 N–H and O–H groups in total. The first kappa shape index (κ1) is 19.5. The molecule has 1 saturated carbocycles. The Morgan fingerprint density at radius 1 is 1.35 bits per heavy atom. The smallest absolute Gasteiger partial charge is 0.191 e. The van der Waals surface area contributed by atoms with Crippen LogP contribution in [-0.4, -0.2) is 52.0 Å². The van der Waals surface area contributed by atoms with Gasteiger partial charge in [0.1, 0.15) is 0 Å². The van der Waals surface area contributed by atoms with Crippen LogP contribution >= 0.6 is 11.6 Å². The monoisotopic (exact) mass is 379 g/mol. The largest absolute Gasteiger partial charge is 0.381 e. The van der Waals surface area contributed by atoms with Crippen LogP contribution in [0.1, 0.15) is 37.2 Å². The molecule has 0 aromatic heterocycles. The van der Waals surface area contributed by atoms with Crippen molar-refractivity contribution in [1.29, 1.82) is 0 Å². The molecule has 2 unspecified atom stereocenters. The minimum atomic E-state index is 0.435. The summed E-state index contributed by atoms with van der Waals surface area (Å²) in [6, 6.07) is 8.56. The van der Waals surface area contributed by atoms with Crippen molar-refractivity contribution >= 4 is 17.6 Å². The second kappa shape index (κ2) is 10.1. The summed E-state index contributed by atoms with van der Waals surface area (Å²) >= 11 is 6.08. The zero-order valence-corrected chi connectivity index (χ0v) is 16.3. The van der Waals surface area contributed by atoms with Crippen LogP contribution in [0.5, 0.6) is 0 Å². The molecule has 0 radical (unpaired) electrons. The molecular formula is C20H30ClN3O2. The molecule has 1 aromatic carbocycles. The lowest BCUT2D eigenvalue weighted by Crippen LogP contribution is -2.39. The Hall–Kier alpha value is -1.30. The number of aliphatic imine (C=N–C) groups is 1. The second-order valence-corrected chi connectivity index (χ2v) is 7.57. The van der Waals surface area contributed by atoms with Crippen molar-refractivity contribution in [1.82, 2.24) is 10.6 Å². The quantitative estimate of drug-likeness (QED) is 0.414. The molecule has 2 fully saturated rings. The predicted octanol–water partition coefficient (Wildman–Crippen LogP) is 3.19. The fourth-order valence-electron chi connectivity index (χ4n) is 3.37. The first-order valence-electron chi connectivity index (χ1n) is 9.64. The van der Waals surface area contributed by atoms with E-state index in [0.29, 0.717) is 17.9 Å². The summed E-state index contributed by atoms with van der Waals surface area (Å²) in [6.07, 6.45) is 4.36. The van der Waals surface area contributed by atoms with E-state index in [1.165, 1.54) is 5.56 Å². The standard InChI is InChI=1S/C20H30ClN3O2/c1-22-20(23-8-3-9-26-14-15-6-10-25-11-7-15)24-19-13-18(19)16-4-2-5-17(21)12-16/h2,4-5,12,15,18-19H,3,6-11,13-14H2,1H3,(H2,22,23,24). The Kier molecular flexibility index (Phi) is 7.59. The fraction of sp³-hybridized carbons (Fsp3) is 0.650. The highest BCUT2D eigenvalue weighted by Gasteiger charge is 2.39. The highest BCUT2D eigenvalue weighted by Crippen LogP contribution is 2.41. The maximum absolute atomic E-state index is 6.08. The van der Waals surface area contributed by atoms with Crippen LogP contribution in [0.3, 0.4) is 0 Å². The topological polar surface area (TPSA) is 54.9 Å². The predicted molar refractivity (Wildman–Crippen MR) is 106 cm³/mol. The molecular weight excluding hydrogens is 350 g/mol. The number of nitrogens with zero attached hydrogens (tertiary/aromatic N) is 1. The second-order valence-electron chi connectivity index (χ2n) is 7.13. The number of benzene rings is 1. The lowest BCUT2D eigenvalue weighted by atomic mass is 10.0. The van der Waals surface area contributed by atoms with Crippen molar-refractivity contribution < 1.29 is 9.47 Å². The van der Waals surface area contributed by atoms with Gasteiger partial charge in [-0.3, -0.25) is 4.99 Å². The normalized spacial score (nSPS) is 23.7. The molecule has 2 aliphatic rings. The van der Waals surface area contributed by atoms with Crippen molar-refractivity contribution in [2.24, 2.45) is 10.9 Å². The molecule has 6 heteroatoms. The van der Waals surface area contributed by atoms with Gasteiger partial charge in [-0.25, -0.2) is 0 Å². The van der Waals surface area contributed by atoms with E-state index in [0.717, 1.165) is 69.6 Å². The summed E-state index contributed by atoms with van der Waals surface area (Å²) in [4.78, 5) is 4.32. The summed E-state index contributed by atoms with van der Waals surface area (Å²) in [6.45, 7) is 4.28. The van der Waals surface area contributed by atoms with Gasteiger partial charge >= 0.3 is 0 Å². The van der Waals surface area contributed by atoms with E-state index in [1.54, 1.807) is 0 Å². The Morgan fingerprint density at radius 3 is 2.96 bits per heavy atom. The third-order valence-corrected chi connectivity index (χ3v) is 5.30. The van der Waals surface area contributed by atoms with Gasteiger partial charge in [-0.15, -0.1) is 0 Å². The summed E-state index contributed by atoms with van der Waals surface area (Å²) < 4.78 is 11.2. The van der Waals surface area contributed by atoms with E-state index in [9.17, 15) is 0 Å². The van der Waals surface area contributed by atoms with Crippen LogP contribution in [0.25, 0.3) is 0 Å². The van der Waals surface area contributed by atoms with Crippen molar-refractivity contribution in [3.63, 3.8) is 0 Å². The van der Waals surface area contributed by atoms with Gasteiger partial charge in [-0.1, -0.05) is 23.7 Å². The Balaban J connectivity index is 1.27. The average Bonchev–Trinajstić information content (AvgIpc) is 3.43. The molecule has 0 bridgehead atoms. The molecule has 2 atom stereocenters. The van der Waals surface area contributed by atoms with E-state index in [1.807, 2.05) is 19.2 Å². The molecule has 1 aliphatic heterocycles. The van der Waals surface area contributed by atoms with Crippen molar-refractivity contribution in [2.75, 3.05) is 40.0 Å². The highest BCUT2D eigenvalue weighted by atomic mass is 35.5. The third kappa shape index (κ3) is 6.15. The van der Waals surface area contributed by atoms with Gasteiger partial charge in [0.25, 0.3) is 0 Å². The van der Waals surface area contributed by atoms with Crippen molar-refractivity contribution in [2.45, 2.75) is 37.6 Å². The van der Waals surface area contributed by atoms with Gasteiger partial charge in [0.05, 0.1) is 0 Å². The average molecular weight is 380 g/mol. The lowest BCUT2D eigenvalue weighted by molar-refractivity contribution is 0.0203. The molecule has 26 heavy (non-hydrogen) atoms. The Morgan fingerprint density at radius 2 is 2.19 bits per heavy atom. The highest BCUT2D eigenvalue weighted by molar-refractivity contribution is 6.30. The van der Waals surface area contributed by atoms with Crippen LogP contribution in [0, 0.1) is 5.92 Å². The van der Waals surface area contributed by atoms with Gasteiger partial charge in [0.2, 0.25) is 0 Å². The van der Waals surface area contributed by atoms with Crippen LogP contribution in [-0.2, 0) is 9.47 Å².